The number of carbonyl (C=O) groups excluding carboxylic acids is 2. The van der Waals surface area contributed by atoms with Crippen LogP contribution in [0.1, 0.15) is 26.2 Å². The predicted molar refractivity (Wildman–Crippen MR) is 93.1 cm³/mol. The first-order chi connectivity index (χ1) is 12.1. The van der Waals surface area contributed by atoms with E-state index in [1.165, 1.54) is 0 Å². The number of ether oxygens (including phenoxy) is 1. The van der Waals surface area contributed by atoms with Gasteiger partial charge in [-0.1, -0.05) is 5.92 Å². The van der Waals surface area contributed by atoms with E-state index in [0.29, 0.717) is 36.5 Å². The highest BCUT2D eigenvalue weighted by molar-refractivity contribution is 7.92. The van der Waals surface area contributed by atoms with Crippen molar-refractivity contribution in [2.75, 3.05) is 13.2 Å². The molecule has 25 heavy (non-hydrogen) atoms. The van der Waals surface area contributed by atoms with Crippen molar-refractivity contribution in [3.8, 4) is 17.6 Å². The van der Waals surface area contributed by atoms with Crippen LogP contribution in [-0.4, -0.2) is 40.5 Å². The van der Waals surface area contributed by atoms with Gasteiger partial charge < -0.3 is 14.6 Å². The van der Waals surface area contributed by atoms with E-state index in [4.69, 9.17) is 9.94 Å². The number of hydrogen-bond acceptors (Lipinski definition) is 5. The molecule has 0 spiro atoms. The maximum absolute atomic E-state index is 12.6. The van der Waals surface area contributed by atoms with Gasteiger partial charge in [0.2, 0.25) is 5.25 Å². The monoisotopic (exact) mass is 365 g/mol. The zero-order valence-corrected chi connectivity index (χ0v) is 14.7. The standard InChI is InChI=1S/C17H21N2O5S/c1-2-3-12-24-14-7-9-15(10-8-14)25(23)16(17(21)19-22)6-4-5-11-18-13-20/h7-10,16,22H,4-6,11-12H2,1H3,(H,18,20)(H,19,21). The minimum Gasteiger partial charge on any atom is -0.611 e. The lowest BCUT2D eigenvalue weighted by atomic mass is 10.2. The first kappa shape index (κ1) is 20.8. The van der Waals surface area contributed by atoms with E-state index in [1.807, 2.05) is 0 Å². The molecule has 1 aromatic rings. The van der Waals surface area contributed by atoms with Crippen LogP contribution in [0.2, 0.25) is 0 Å². The zero-order valence-electron chi connectivity index (χ0n) is 13.9. The number of nitrogens with one attached hydrogen (secondary N) is 2. The van der Waals surface area contributed by atoms with E-state index in [2.05, 4.69) is 17.2 Å². The second kappa shape index (κ2) is 12.2. The van der Waals surface area contributed by atoms with E-state index in [9.17, 15) is 14.1 Å². The highest BCUT2D eigenvalue weighted by atomic mass is 32.2. The second-order valence-corrected chi connectivity index (χ2v) is 6.61. The van der Waals surface area contributed by atoms with Crippen LogP contribution in [0.25, 0.3) is 0 Å². The van der Waals surface area contributed by atoms with Gasteiger partial charge in [-0.05, 0) is 55.2 Å². The molecule has 0 saturated carbocycles. The molecule has 1 rings (SSSR count). The molecular weight excluding hydrogens is 344 g/mol. The fourth-order valence-electron chi connectivity index (χ4n) is 2.03. The molecule has 0 aromatic heterocycles. The van der Waals surface area contributed by atoms with E-state index in [1.54, 1.807) is 43.1 Å². The lowest BCUT2D eigenvalue weighted by Crippen LogP contribution is -2.38. The molecule has 0 bridgehead atoms. The lowest BCUT2D eigenvalue weighted by molar-refractivity contribution is -0.128. The summed E-state index contributed by atoms with van der Waals surface area (Å²) in [6, 6.07) is 6.54. The third-order valence-corrected chi connectivity index (χ3v) is 5.00. The van der Waals surface area contributed by atoms with Crippen LogP contribution >= 0.6 is 0 Å². The van der Waals surface area contributed by atoms with Gasteiger partial charge in [0, 0.05) is 13.0 Å². The third-order valence-electron chi connectivity index (χ3n) is 3.30. The largest absolute Gasteiger partial charge is 0.611 e. The maximum Gasteiger partial charge on any atom is 0.309 e. The summed E-state index contributed by atoms with van der Waals surface area (Å²) in [5, 5.41) is 10.4. The molecule has 0 aliphatic rings. The third kappa shape index (κ3) is 7.47. The maximum atomic E-state index is 12.6. The van der Waals surface area contributed by atoms with Crippen molar-refractivity contribution in [3.63, 3.8) is 0 Å². The van der Waals surface area contributed by atoms with E-state index < -0.39 is 22.3 Å². The Morgan fingerprint density at radius 1 is 1.36 bits per heavy atom. The van der Waals surface area contributed by atoms with E-state index in [-0.39, 0.29) is 6.61 Å². The Balaban J connectivity index is 2.68. The molecule has 0 fully saturated rings. The summed E-state index contributed by atoms with van der Waals surface area (Å²) >= 11 is -1.63. The van der Waals surface area contributed by atoms with Gasteiger partial charge in [0.25, 0.3) is 5.91 Å². The highest BCUT2D eigenvalue weighted by Gasteiger charge is 2.31. The molecule has 7 nitrogen and oxygen atoms in total. The van der Waals surface area contributed by atoms with Crippen molar-refractivity contribution in [1.82, 2.24) is 10.8 Å². The topological polar surface area (TPSA) is 111 Å². The van der Waals surface area contributed by atoms with E-state index >= 15 is 0 Å². The molecular formula is C17H21N2O5S. The smallest absolute Gasteiger partial charge is 0.309 e. The molecule has 0 saturated heterocycles. The molecule has 2 amide bonds. The summed E-state index contributed by atoms with van der Waals surface area (Å²) in [6.45, 7) is 2.41. The normalized spacial score (nSPS) is 12.3. The second-order valence-electron chi connectivity index (χ2n) is 4.97. The van der Waals surface area contributed by atoms with Gasteiger partial charge in [0.05, 0.1) is 0 Å². The Morgan fingerprint density at radius 3 is 2.68 bits per heavy atom. The van der Waals surface area contributed by atoms with Crippen LogP contribution in [0.5, 0.6) is 5.75 Å². The molecule has 8 heteroatoms. The fourth-order valence-corrected chi connectivity index (χ4v) is 3.39. The number of rotatable bonds is 11. The van der Waals surface area contributed by atoms with Crippen molar-refractivity contribution < 1.29 is 24.1 Å². The number of hydrogen-bond donors (Lipinski definition) is 3. The quantitative estimate of drug-likeness (QED) is 0.135. The average molecular weight is 365 g/mol. The molecule has 2 atom stereocenters. The van der Waals surface area contributed by atoms with E-state index in [0.717, 1.165) is 0 Å². The molecule has 1 radical (unpaired) electrons. The zero-order chi connectivity index (χ0) is 18.5. The SMILES string of the molecule is CC#CCOc1ccc([S+]([O-])C(CCCCN[C]=O)C(=O)NO)cc1. The van der Waals surface area contributed by atoms with Crippen molar-refractivity contribution in [2.24, 2.45) is 0 Å². The number of benzene rings is 1. The first-order valence-corrected chi connectivity index (χ1v) is 8.92. The van der Waals surface area contributed by atoms with Crippen LogP contribution in [0.15, 0.2) is 29.2 Å². The van der Waals surface area contributed by atoms with Crippen LogP contribution in [-0.2, 0) is 20.8 Å². The summed E-state index contributed by atoms with van der Waals surface area (Å²) < 4.78 is 18.0. The Morgan fingerprint density at radius 2 is 2.08 bits per heavy atom. The fraction of sp³-hybridized carbons (Fsp3) is 0.412. The lowest BCUT2D eigenvalue weighted by Gasteiger charge is -2.19. The average Bonchev–Trinajstić information content (AvgIpc) is 2.64. The van der Waals surface area contributed by atoms with Crippen molar-refractivity contribution in [2.45, 2.75) is 36.3 Å². The summed E-state index contributed by atoms with van der Waals surface area (Å²) in [7, 11) is 0. The number of amides is 2. The Hall–Kier alpha value is -2.21. The minimum absolute atomic E-state index is 0.265. The summed E-state index contributed by atoms with van der Waals surface area (Å²) in [5.74, 6) is 5.37. The molecule has 1 aromatic carbocycles. The van der Waals surface area contributed by atoms with Gasteiger partial charge in [-0.25, -0.2) is 5.48 Å². The molecule has 135 valence electrons. The molecule has 0 aliphatic carbocycles. The minimum atomic E-state index is -1.63. The van der Waals surface area contributed by atoms with Crippen molar-refractivity contribution in [1.29, 1.82) is 0 Å². The van der Waals surface area contributed by atoms with Gasteiger partial charge >= 0.3 is 6.41 Å². The summed E-state index contributed by atoms with van der Waals surface area (Å²) in [5.41, 5.74) is 1.56. The molecule has 2 unspecified atom stereocenters. The van der Waals surface area contributed by atoms with Crippen molar-refractivity contribution in [3.05, 3.63) is 24.3 Å². The first-order valence-electron chi connectivity index (χ1n) is 7.71. The molecule has 3 N–H and O–H groups in total. The van der Waals surface area contributed by atoms with Gasteiger partial charge in [-0.2, -0.15) is 0 Å². The van der Waals surface area contributed by atoms with Gasteiger partial charge in [-0.3, -0.25) is 14.8 Å². The predicted octanol–water partition coefficient (Wildman–Crippen LogP) is 0.897. The van der Waals surface area contributed by atoms with Crippen molar-refractivity contribution >= 4 is 23.5 Å². The Bertz CT molecular complexity index is 597. The van der Waals surface area contributed by atoms with Gasteiger partial charge in [0.15, 0.2) is 4.90 Å². The van der Waals surface area contributed by atoms with Crippen LogP contribution < -0.4 is 15.5 Å². The Kier molecular flexibility index (Phi) is 10.2. The molecule has 0 heterocycles. The Labute approximate surface area is 150 Å². The summed E-state index contributed by atoms with van der Waals surface area (Å²) in [6.07, 6.45) is 3.05. The number of carbonyl (C=O) groups is 1. The number of hydroxylamine groups is 1. The van der Waals surface area contributed by atoms with Crippen LogP contribution in [0.3, 0.4) is 0 Å². The van der Waals surface area contributed by atoms with Gasteiger partial charge in [0.1, 0.15) is 12.4 Å². The van der Waals surface area contributed by atoms with Crippen LogP contribution in [0, 0.1) is 11.8 Å². The highest BCUT2D eigenvalue weighted by Crippen LogP contribution is 2.23. The summed E-state index contributed by atoms with van der Waals surface area (Å²) in [4.78, 5) is 22.3. The molecule has 0 aliphatic heterocycles. The van der Waals surface area contributed by atoms with Crippen LogP contribution in [0.4, 0.5) is 0 Å². The van der Waals surface area contributed by atoms with Gasteiger partial charge in [-0.15, -0.1) is 5.92 Å². The number of unbranched alkanes of at least 4 members (excludes halogenated alkanes) is 1.